The summed E-state index contributed by atoms with van der Waals surface area (Å²) in [5.41, 5.74) is 8.19. The second-order valence-electron chi connectivity index (χ2n) is 4.10. The number of nitrogens with two attached hydrogens (primary N) is 1. The number of benzene rings is 1. The van der Waals surface area contributed by atoms with Crippen LogP contribution in [0.1, 0.15) is 18.4 Å². The van der Waals surface area contributed by atoms with Crippen molar-refractivity contribution in [2.45, 2.75) is 19.3 Å². The van der Waals surface area contributed by atoms with Crippen molar-refractivity contribution in [3.63, 3.8) is 0 Å². The van der Waals surface area contributed by atoms with Gasteiger partial charge in [0.15, 0.2) is 0 Å². The van der Waals surface area contributed by atoms with Gasteiger partial charge in [-0.05, 0) is 49.9 Å². The Hall–Kier alpha value is -0.730. The summed E-state index contributed by atoms with van der Waals surface area (Å²) in [5.74, 6) is 0.820. The van der Waals surface area contributed by atoms with Gasteiger partial charge in [-0.25, -0.2) is 0 Å². The number of piperidine rings is 1. The van der Waals surface area contributed by atoms with E-state index in [-0.39, 0.29) is 12.4 Å². The van der Waals surface area contributed by atoms with Gasteiger partial charge in [0.25, 0.3) is 0 Å². The average Bonchev–Trinajstić information content (AvgIpc) is 2.23. The lowest BCUT2D eigenvalue weighted by Gasteiger charge is -2.23. The van der Waals surface area contributed by atoms with Crippen molar-refractivity contribution >= 4 is 18.1 Å². The zero-order valence-corrected chi connectivity index (χ0v) is 9.72. The molecule has 2 rings (SSSR count). The predicted octanol–water partition coefficient (Wildman–Crippen LogP) is 2.23. The van der Waals surface area contributed by atoms with Crippen molar-refractivity contribution < 1.29 is 0 Å². The molecule has 3 N–H and O–H groups in total. The molecule has 3 heteroatoms. The number of nitrogens with one attached hydrogen (secondary N) is 1. The standard InChI is InChI=1S/C12H18N2.ClH/c13-12-4-2-1-3-11(12)9-10-5-7-14-8-6-10;/h1-4,10,14H,5-9,13H2;1H. The maximum atomic E-state index is 5.92. The molecule has 1 aromatic carbocycles. The maximum absolute atomic E-state index is 5.92. The summed E-state index contributed by atoms with van der Waals surface area (Å²) in [6.45, 7) is 2.33. The lowest BCUT2D eigenvalue weighted by molar-refractivity contribution is 0.373. The van der Waals surface area contributed by atoms with Gasteiger partial charge in [0.1, 0.15) is 0 Å². The van der Waals surface area contributed by atoms with Crippen LogP contribution < -0.4 is 11.1 Å². The van der Waals surface area contributed by atoms with Gasteiger partial charge in [-0.15, -0.1) is 12.4 Å². The number of hydrogen-bond acceptors (Lipinski definition) is 2. The van der Waals surface area contributed by atoms with Crippen molar-refractivity contribution in [2.75, 3.05) is 18.8 Å². The van der Waals surface area contributed by atoms with Crippen LogP contribution >= 0.6 is 12.4 Å². The third kappa shape index (κ3) is 3.40. The minimum absolute atomic E-state index is 0. The Balaban J connectivity index is 0.00000112. The second-order valence-corrected chi connectivity index (χ2v) is 4.10. The van der Waals surface area contributed by atoms with Gasteiger partial charge in [0.05, 0.1) is 0 Å². The van der Waals surface area contributed by atoms with E-state index in [4.69, 9.17) is 5.73 Å². The van der Waals surface area contributed by atoms with E-state index in [1.54, 1.807) is 0 Å². The van der Waals surface area contributed by atoms with E-state index in [1.807, 2.05) is 12.1 Å². The summed E-state index contributed by atoms with van der Waals surface area (Å²) in [5, 5.41) is 3.38. The molecule has 15 heavy (non-hydrogen) atoms. The molecule has 1 aliphatic rings. The Morgan fingerprint density at radius 2 is 1.87 bits per heavy atom. The van der Waals surface area contributed by atoms with Gasteiger partial charge < -0.3 is 11.1 Å². The fourth-order valence-corrected chi connectivity index (χ4v) is 2.12. The molecule has 0 unspecified atom stereocenters. The van der Waals surface area contributed by atoms with E-state index in [0.29, 0.717) is 0 Å². The number of anilines is 1. The van der Waals surface area contributed by atoms with Crippen LogP contribution in [0.25, 0.3) is 0 Å². The monoisotopic (exact) mass is 226 g/mol. The summed E-state index contributed by atoms with van der Waals surface area (Å²) in [6, 6.07) is 8.22. The zero-order chi connectivity index (χ0) is 9.80. The molecule has 0 bridgehead atoms. The molecule has 84 valence electrons. The molecule has 0 saturated carbocycles. The lowest BCUT2D eigenvalue weighted by Crippen LogP contribution is -2.28. The molecular weight excluding hydrogens is 208 g/mol. The fourth-order valence-electron chi connectivity index (χ4n) is 2.12. The molecule has 0 aromatic heterocycles. The van der Waals surface area contributed by atoms with E-state index >= 15 is 0 Å². The number of nitrogen functional groups attached to an aromatic ring is 1. The molecule has 2 nitrogen and oxygen atoms in total. The van der Waals surface area contributed by atoms with Crippen LogP contribution in [0.3, 0.4) is 0 Å². The SMILES string of the molecule is Cl.Nc1ccccc1CC1CCNCC1. The fraction of sp³-hybridized carbons (Fsp3) is 0.500. The normalized spacial score (nSPS) is 17.1. The number of hydrogen-bond donors (Lipinski definition) is 2. The predicted molar refractivity (Wildman–Crippen MR) is 67.4 cm³/mol. The van der Waals surface area contributed by atoms with Crippen molar-refractivity contribution in [3.8, 4) is 0 Å². The number of halogens is 1. The Morgan fingerprint density at radius 1 is 1.20 bits per heavy atom. The first-order chi connectivity index (χ1) is 6.86. The van der Waals surface area contributed by atoms with Gasteiger partial charge in [0.2, 0.25) is 0 Å². The highest BCUT2D eigenvalue weighted by atomic mass is 35.5. The van der Waals surface area contributed by atoms with Gasteiger partial charge in [0, 0.05) is 5.69 Å². The minimum Gasteiger partial charge on any atom is -0.399 e. The molecule has 0 spiro atoms. The summed E-state index contributed by atoms with van der Waals surface area (Å²) >= 11 is 0. The van der Waals surface area contributed by atoms with Gasteiger partial charge in [-0.1, -0.05) is 18.2 Å². The largest absolute Gasteiger partial charge is 0.399 e. The first-order valence-electron chi connectivity index (χ1n) is 5.40. The summed E-state index contributed by atoms with van der Waals surface area (Å²) < 4.78 is 0. The Morgan fingerprint density at radius 3 is 2.53 bits per heavy atom. The van der Waals surface area contributed by atoms with Crippen molar-refractivity contribution in [3.05, 3.63) is 29.8 Å². The summed E-state index contributed by atoms with van der Waals surface area (Å²) in [6.07, 6.45) is 3.72. The van der Waals surface area contributed by atoms with Crippen molar-refractivity contribution in [1.29, 1.82) is 0 Å². The molecule has 0 radical (unpaired) electrons. The topological polar surface area (TPSA) is 38.0 Å². The molecule has 1 saturated heterocycles. The van der Waals surface area contributed by atoms with E-state index in [1.165, 1.54) is 18.4 Å². The Kier molecular flexibility index (Phi) is 4.92. The van der Waals surface area contributed by atoms with Gasteiger partial charge in [-0.2, -0.15) is 0 Å². The Bertz CT molecular complexity index is 295. The highest BCUT2D eigenvalue weighted by molar-refractivity contribution is 5.85. The van der Waals surface area contributed by atoms with Crippen LogP contribution in [0.4, 0.5) is 5.69 Å². The smallest absolute Gasteiger partial charge is 0.0346 e. The number of rotatable bonds is 2. The van der Waals surface area contributed by atoms with Crippen LogP contribution in [-0.4, -0.2) is 13.1 Å². The first-order valence-corrected chi connectivity index (χ1v) is 5.40. The maximum Gasteiger partial charge on any atom is 0.0346 e. The quantitative estimate of drug-likeness (QED) is 0.760. The molecule has 1 aromatic rings. The van der Waals surface area contributed by atoms with Crippen LogP contribution in [0, 0.1) is 5.92 Å². The Labute approximate surface area is 97.7 Å². The minimum atomic E-state index is 0. The third-order valence-corrected chi connectivity index (χ3v) is 3.02. The first kappa shape index (κ1) is 12.3. The number of para-hydroxylation sites is 1. The van der Waals surface area contributed by atoms with Gasteiger partial charge in [-0.3, -0.25) is 0 Å². The van der Waals surface area contributed by atoms with E-state index in [2.05, 4.69) is 17.4 Å². The third-order valence-electron chi connectivity index (χ3n) is 3.02. The van der Waals surface area contributed by atoms with Crippen LogP contribution in [0.2, 0.25) is 0 Å². The van der Waals surface area contributed by atoms with E-state index < -0.39 is 0 Å². The van der Waals surface area contributed by atoms with Crippen LogP contribution in [0.15, 0.2) is 24.3 Å². The molecule has 1 heterocycles. The molecule has 0 amide bonds. The van der Waals surface area contributed by atoms with E-state index in [0.717, 1.165) is 31.1 Å². The van der Waals surface area contributed by atoms with Crippen molar-refractivity contribution in [1.82, 2.24) is 5.32 Å². The van der Waals surface area contributed by atoms with E-state index in [9.17, 15) is 0 Å². The zero-order valence-electron chi connectivity index (χ0n) is 8.91. The van der Waals surface area contributed by atoms with Gasteiger partial charge >= 0.3 is 0 Å². The molecule has 1 aliphatic heterocycles. The average molecular weight is 227 g/mol. The molecule has 0 atom stereocenters. The van der Waals surface area contributed by atoms with Crippen LogP contribution in [-0.2, 0) is 6.42 Å². The molecular formula is C12H19ClN2. The highest BCUT2D eigenvalue weighted by Crippen LogP contribution is 2.21. The lowest BCUT2D eigenvalue weighted by atomic mass is 9.90. The highest BCUT2D eigenvalue weighted by Gasteiger charge is 2.14. The van der Waals surface area contributed by atoms with Crippen molar-refractivity contribution in [2.24, 2.45) is 5.92 Å². The summed E-state index contributed by atoms with van der Waals surface area (Å²) in [7, 11) is 0. The van der Waals surface area contributed by atoms with Crippen LogP contribution in [0.5, 0.6) is 0 Å². The summed E-state index contributed by atoms with van der Waals surface area (Å²) in [4.78, 5) is 0. The second kappa shape index (κ2) is 5.99. The molecule has 1 fully saturated rings. The molecule has 0 aliphatic carbocycles.